The van der Waals surface area contributed by atoms with Crippen molar-refractivity contribution in [3.63, 3.8) is 0 Å². The predicted octanol–water partition coefficient (Wildman–Crippen LogP) is 3.22. The van der Waals surface area contributed by atoms with Crippen molar-refractivity contribution in [2.45, 2.75) is 12.8 Å². The van der Waals surface area contributed by atoms with Crippen LogP contribution < -0.4 is 20.7 Å². The first-order valence-electron chi connectivity index (χ1n) is 10.4. The molecule has 2 aromatic rings. The summed E-state index contributed by atoms with van der Waals surface area (Å²) in [6.45, 7) is 1.37. The summed E-state index contributed by atoms with van der Waals surface area (Å²) < 4.78 is 5.25. The highest BCUT2D eigenvalue weighted by Gasteiger charge is 2.25. The number of amides is 4. The molecule has 0 radical (unpaired) electrons. The molecule has 33 heavy (non-hydrogen) atoms. The molecule has 9 nitrogen and oxygen atoms in total. The van der Waals surface area contributed by atoms with Crippen molar-refractivity contribution in [1.29, 1.82) is 5.26 Å². The summed E-state index contributed by atoms with van der Waals surface area (Å²) in [6.07, 6.45) is 1.38. The lowest BCUT2D eigenvalue weighted by Crippen LogP contribution is -2.44. The highest BCUT2D eigenvalue weighted by atomic mass is 35.5. The highest BCUT2D eigenvalue weighted by molar-refractivity contribution is 6.40. The number of anilines is 2. The van der Waals surface area contributed by atoms with E-state index in [9.17, 15) is 14.4 Å². The Bertz CT molecular complexity index is 1080. The van der Waals surface area contributed by atoms with Gasteiger partial charge in [-0.2, -0.15) is 5.26 Å². The molecule has 3 rings (SSSR count). The maximum atomic E-state index is 12.6. The van der Waals surface area contributed by atoms with Gasteiger partial charge in [-0.3, -0.25) is 9.59 Å². The lowest BCUT2D eigenvalue weighted by molar-refractivity contribution is -0.136. The van der Waals surface area contributed by atoms with Crippen LogP contribution in [0.3, 0.4) is 0 Å². The Labute approximate surface area is 196 Å². The largest absolute Gasteiger partial charge is 0.495 e. The third-order valence-electron chi connectivity index (χ3n) is 5.36. The molecule has 1 aliphatic heterocycles. The van der Waals surface area contributed by atoms with Gasteiger partial charge in [0.2, 0.25) is 0 Å². The molecule has 1 fully saturated rings. The standard InChI is InChI=1S/C23H24ClN5O4/c1-33-20-5-3-2-4-18(20)28-23(32)29-10-8-15(9-11-29)14-26-21(30)22(31)27-19-12-17(24)7-6-16(19)13-25/h2-7,12,15H,8-11,14H2,1H3,(H,26,30)(H,27,31)(H,28,32). The molecule has 0 unspecified atom stereocenters. The molecule has 0 aromatic heterocycles. The molecular formula is C23H24ClN5O4. The molecule has 0 aliphatic carbocycles. The van der Waals surface area contributed by atoms with E-state index >= 15 is 0 Å². The van der Waals surface area contributed by atoms with Gasteiger partial charge in [-0.25, -0.2) is 4.79 Å². The van der Waals surface area contributed by atoms with Crippen LogP contribution in [0.5, 0.6) is 5.75 Å². The van der Waals surface area contributed by atoms with Crippen molar-refractivity contribution < 1.29 is 19.1 Å². The summed E-state index contributed by atoms with van der Waals surface area (Å²) in [7, 11) is 1.54. The molecule has 3 N–H and O–H groups in total. The number of halogens is 1. The monoisotopic (exact) mass is 469 g/mol. The van der Waals surface area contributed by atoms with Crippen molar-refractivity contribution in [3.8, 4) is 11.8 Å². The van der Waals surface area contributed by atoms with Crippen molar-refractivity contribution in [2.75, 3.05) is 37.4 Å². The quantitative estimate of drug-likeness (QED) is 0.580. The summed E-state index contributed by atoms with van der Waals surface area (Å²) in [5.74, 6) is -0.947. The maximum Gasteiger partial charge on any atom is 0.321 e. The zero-order valence-corrected chi connectivity index (χ0v) is 18.8. The molecule has 1 aliphatic rings. The van der Waals surface area contributed by atoms with Crippen LogP contribution in [0.4, 0.5) is 16.2 Å². The molecular weight excluding hydrogens is 446 g/mol. The second-order valence-electron chi connectivity index (χ2n) is 7.53. The number of rotatable bonds is 5. The lowest BCUT2D eigenvalue weighted by atomic mass is 9.97. The number of carbonyl (C=O) groups excluding carboxylic acids is 3. The van der Waals surface area contributed by atoms with Crippen molar-refractivity contribution in [3.05, 3.63) is 53.1 Å². The van der Waals surface area contributed by atoms with E-state index in [1.54, 1.807) is 24.1 Å². The summed E-state index contributed by atoms with van der Waals surface area (Å²) >= 11 is 5.89. The van der Waals surface area contributed by atoms with Crippen LogP contribution in [0, 0.1) is 17.2 Å². The smallest absolute Gasteiger partial charge is 0.321 e. The number of nitriles is 1. The number of methoxy groups -OCH3 is 1. The lowest BCUT2D eigenvalue weighted by Gasteiger charge is -2.32. The summed E-state index contributed by atoms with van der Waals surface area (Å²) in [5.41, 5.74) is 0.989. The van der Waals surface area contributed by atoms with Crippen LogP contribution in [0.1, 0.15) is 18.4 Å². The second kappa shape index (κ2) is 11.2. The SMILES string of the molecule is COc1ccccc1NC(=O)N1CCC(CNC(=O)C(=O)Nc2cc(Cl)ccc2C#N)CC1. The molecule has 2 aromatic carbocycles. The second-order valence-corrected chi connectivity index (χ2v) is 7.96. The fourth-order valence-electron chi connectivity index (χ4n) is 3.50. The molecule has 0 spiro atoms. The minimum atomic E-state index is -0.873. The number of benzene rings is 2. The molecule has 4 amide bonds. The van der Waals surface area contributed by atoms with Gasteiger partial charge in [-0.15, -0.1) is 0 Å². The Morgan fingerprint density at radius 1 is 1.09 bits per heavy atom. The van der Waals surface area contributed by atoms with Crippen LogP contribution in [0.2, 0.25) is 5.02 Å². The molecule has 1 heterocycles. The normalized spacial score (nSPS) is 13.5. The first kappa shape index (κ1) is 23.9. The number of piperidine rings is 1. The average Bonchev–Trinajstić information content (AvgIpc) is 2.83. The van der Waals surface area contributed by atoms with Crippen LogP contribution >= 0.6 is 11.6 Å². The van der Waals surface area contributed by atoms with Crippen molar-refractivity contribution >= 4 is 40.8 Å². The minimum absolute atomic E-state index is 0.137. The molecule has 10 heteroatoms. The average molecular weight is 470 g/mol. The molecule has 0 bridgehead atoms. The van der Waals surface area contributed by atoms with E-state index in [1.165, 1.54) is 18.2 Å². The van der Waals surface area contributed by atoms with E-state index in [2.05, 4.69) is 16.0 Å². The number of urea groups is 1. The van der Waals surface area contributed by atoms with Gasteiger partial charge in [-0.1, -0.05) is 23.7 Å². The predicted molar refractivity (Wildman–Crippen MR) is 124 cm³/mol. The van der Waals surface area contributed by atoms with Gasteiger partial charge in [0.15, 0.2) is 0 Å². The topological polar surface area (TPSA) is 124 Å². The molecule has 172 valence electrons. The zero-order chi connectivity index (χ0) is 23.8. The van der Waals surface area contributed by atoms with Gasteiger partial charge in [0.05, 0.1) is 24.0 Å². The van der Waals surface area contributed by atoms with Crippen LogP contribution in [-0.4, -0.2) is 49.5 Å². The third-order valence-corrected chi connectivity index (χ3v) is 5.59. The van der Waals surface area contributed by atoms with Crippen LogP contribution in [0.25, 0.3) is 0 Å². The Morgan fingerprint density at radius 3 is 2.52 bits per heavy atom. The number of nitrogens with one attached hydrogen (secondary N) is 3. The maximum absolute atomic E-state index is 12.6. The fraction of sp³-hybridized carbons (Fsp3) is 0.304. The summed E-state index contributed by atoms with van der Waals surface area (Å²) in [6, 6.07) is 13.3. The number of carbonyl (C=O) groups is 3. The Hall–Kier alpha value is -3.77. The number of hydrogen-bond donors (Lipinski definition) is 3. The minimum Gasteiger partial charge on any atom is -0.495 e. The van der Waals surface area contributed by atoms with Gasteiger partial charge in [-0.05, 0) is 49.1 Å². The zero-order valence-electron chi connectivity index (χ0n) is 18.1. The van der Waals surface area contributed by atoms with Crippen LogP contribution in [-0.2, 0) is 9.59 Å². The van der Waals surface area contributed by atoms with E-state index in [4.69, 9.17) is 21.6 Å². The Morgan fingerprint density at radius 2 is 1.82 bits per heavy atom. The van der Waals surface area contributed by atoms with Crippen molar-refractivity contribution in [1.82, 2.24) is 10.2 Å². The summed E-state index contributed by atoms with van der Waals surface area (Å²) in [4.78, 5) is 38.6. The van der Waals surface area contributed by atoms with Crippen molar-refractivity contribution in [2.24, 2.45) is 5.92 Å². The van der Waals surface area contributed by atoms with Gasteiger partial charge in [0, 0.05) is 24.7 Å². The molecule has 0 atom stereocenters. The molecule has 1 saturated heterocycles. The molecule has 0 saturated carbocycles. The van der Waals surface area contributed by atoms with Gasteiger partial charge in [0.25, 0.3) is 0 Å². The van der Waals surface area contributed by atoms with Gasteiger partial charge in [0.1, 0.15) is 11.8 Å². The first-order valence-corrected chi connectivity index (χ1v) is 10.8. The van der Waals surface area contributed by atoms with E-state index in [1.807, 2.05) is 18.2 Å². The number of nitrogens with zero attached hydrogens (tertiary/aromatic N) is 2. The van der Waals surface area contributed by atoms with E-state index in [0.717, 1.165) is 0 Å². The first-order chi connectivity index (χ1) is 15.9. The number of ether oxygens (including phenoxy) is 1. The fourth-order valence-corrected chi connectivity index (χ4v) is 3.67. The number of para-hydroxylation sites is 2. The third kappa shape index (κ3) is 6.37. The highest BCUT2D eigenvalue weighted by Crippen LogP contribution is 2.24. The van der Waals surface area contributed by atoms with Gasteiger partial charge < -0.3 is 25.6 Å². The van der Waals surface area contributed by atoms with E-state index in [0.29, 0.717) is 48.9 Å². The summed E-state index contributed by atoms with van der Waals surface area (Å²) in [5, 5.41) is 17.3. The van der Waals surface area contributed by atoms with Crippen LogP contribution in [0.15, 0.2) is 42.5 Å². The Balaban J connectivity index is 1.44. The van der Waals surface area contributed by atoms with E-state index < -0.39 is 11.8 Å². The number of likely N-dealkylation sites (tertiary alicyclic amines) is 1. The van der Waals surface area contributed by atoms with E-state index in [-0.39, 0.29) is 23.2 Å². The van der Waals surface area contributed by atoms with Gasteiger partial charge >= 0.3 is 17.8 Å². The number of hydrogen-bond acceptors (Lipinski definition) is 5. The Kier molecular flexibility index (Phi) is 8.11.